The van der Waals surface area contributed by atoms with Crippen LogP contribution in [-0.2, 0) is 0 Å². The van der Waals surface area contributed by atoms with E-state index in [-0.39, 0.29) is 6.61 Å². The van der Waals surface area contributed by atoms with Gasteiger partial charge in [-0.2, -0.15) is 11.8 Å². The molecule has 3 heteroatoms. The molecule has 102 valence electrons. The molecule has 4 unspecified atom stereocenters. The second kappa shape index (κ2) is 7.65. The maximum absolute atomic E-state index is 9.31. The lowest BCUT2D eigenvalue weighted by Crippen LogP contribution is -2.45. The Balaban J connectivity index is 2.40. The van der Waals surface area contributed by atoms with Gasteiger partial charge in [0, 0.05) is 17.3 Å². The summed E-state index contributed by atoms with van der Waals surface area (Å²) in [5.41, 5.74) is 0. The first kappa shape index (κ1) is 15.3. The minimum atomic E-state index is 0.273. The Labute approximate surface area is 111 Å². The highest BCUT2D eigenvalue weighted by atomic mass is 32.2. The van der Waals surface area contributed by atoms with Crippen LogP contribution in [0.15, 0.2) is 0 Å². The molecule has 0 heterocycles. The molecule has 4 atom stereocenters. The van der Waals surface area contributed by atoms with E-state index in [0.29, 0.717) is 17.3 Å². The van der Waals surface area contributed by atoms with Crippen LogP contribution in [0.2, 0.25) is 0 Å². The summed E-state index contributed by atoms with van der Waals surface area (Å²) in [6.45, 7) is 7.16. The second-order valence-corrected chi connectivity index (χ2v) is 6.86. The first-order valence-electron chi connectivity index (χ1n) is 6.98. The molecule has 1 aliphatic carbocycles. The summed E-state index contributed by atoms with van der Waals surface area (Å²) in [6.07, 6.45) is 7.46. The molecule has 0 aromatic rings. The van der Waals surface area contributed by atoms with Crippen LogP contribution in [0.5, 0.6) is 0 Å². The average Bonchev–Trinajstić information content (AvgIpc) is 2.30. The van der Waals surface area contributed by atoms with Gasteiger partial charge in [-0.1, -0.05) is 26.7 Å². The Morgan fingerprint density at radius 1 is 1.29 bits per heavy atom. The smallest absolute Gasteiger partial charge is 0.0564 e. The third-order valence-corrected chi connectivity index (χ3v) is 5.36. The van der Waals surface area contributed by atoms with Crippen LogP contribution >= 0.6 is 11.8 Å². The van der Waals surface area contributed by atoms with Crippen molar-refractivity contribution in [3.05, 3.63) is 0 Å². The zero-order valence-electron chi connectivity index (χ0n) is 11.8. The van der Waals surface area contributed by atoms with E-state index in [4.69, 9.17) is 0 Å². The van der Waals surface area contributed by atoms with E-state index >= 15 is 0 Å². The van der Waals surface area contributed by atoms with E-state index in [1.165, 1.54) is 25.7 Å². The first-order valence-corrected chi connectivity index (χ1v) is 8.27. The highest BCUT2D eigenvalue weighted by Gasteiger charge is 2.26. The zero-order chi connectivity index (χ0) is 12.8. The molecule has 0 amide bonds. The van der Waals surface area contributed by atoms with E-state index in [1.807, 2.05) is 0 Å². The molecule has 2 N–H and O–H groups in total. The fourth-order valence-electron chi connectivity index (χ4n) is 2.90. The van der Waals surface area contributed by atoms with Crippen molar-refractivity contribution in [1.29, 1.82) is 0 Å². The Kier molecular flexibility index (Phi) is 6.90. The molecular formula is C14H29NOS. The summed E-state index contributed by atoms with van der Waals surface area (Å²) in [7, 11) is 0. The third-order valence-electron chi connectivity index (χ3n) is 4.20. The topological polar surface area (TPSA) is 32.3 Å². The molecule has 0 aromatic heterocycles. The van der Waals surface area contributed by atoms with Crippen molar-refractivity contribution in [3.63, 3.8) is 0 Å². The summed E-state index contributed by atoms with van der Waals surface area (Å²) in [6, 6.07) is 1.07. The van der Waals surface area contributed by atoms with Crippen LogP contribution in [0.25, 0.3) is 0 Å². The Bertz CT molecular complexity index is 206. The molecule has 0 aromatic carbocycles. The van der Waals surface area contributed by atoms with Gasteiger partial charge in [-0.3, -0.25) is 0 Å². The minimum Gasteiger partial charge on any atom is -0.395 e. The highest BCUT2D eigenvalue weighted by molar-refractivity contribution is 7.99. The predicted molar refractivity (Wildman–Crippen MR) is 77.6 cm³/mol. The summed E-state index contributed by atoms with van der Waals surface area (Å²) in [4.78, 5) is 0. The molecule has 0 aliphatic heterocycles. The van der Waals surface area contributed by atoms with Gasteiger partial charge in [0.1, 0.15) is 0 Å². The van der Waals surface area contributed by atoms with Gasteiger partial charge >= 0.3 is 0 Å². The number of hydrogen-bond acceptors (Lipinski definition) is 3. The number of rotatable bonds is 6. The normalized spacial score (nSPS) is 29.3. The Hall–Kier alpha value is 0.270. The lowest BCUT2D eigenvalue weighted by Gasteiger charge is -2.35. The van der Waals surface area contributed by atoms with Crippen molar-refractivity contribution in [1.82, 2.24) is 5.32 Å². The van der Waals surface area contributed by atoms with Gasteiger partial charge in [0.25, 0.3) is 0 Å². The van der Waals surface area contributed by atoms with E-state index in [0.717, 1.165) is 11.8 Å². The number of nitrogens with one attached hydrogen (secondary N) is 1. The fraction of sp³-hybridized carbons (Fsp3) is 1.00. The Morgan fingerprint density at radius 2 is 2.00 bits per heavy atom. The standard InChI is InChI=1S/C14H29NOS/c1-10(2)12-6-5-7-13(8-12)15-11(3)14(9-16)17-4/h10-16H,5-9H2,1-4H3. The molecule has 0 spiro atoms. The second-order valence-electron chi connectivity index (χ2n) is 5.78. The molecule has 0 radical (unpaired) electrons. The van der Waals surface area contributed by atoms with E-state index in [1.54, 1.807) is 11.8 Å². The van der Waals surface area contributed by atoms with Gasteiger partial charge in [0.15, 0.2) is 0 Å². The zero-order valence-corrected chi connectivity index (χ0v) is 12.6. The van der Waals surface area contributed by atoms with Crippen molar-refractivity contribution < 1.29 is 5.11 Å². The van der Waals surface area contributed by atoms with Crippen molar-refractivity contribution >= 4 is 11.8 Å². The molecule has 1 fully saturated rings. The largest absolute Gasteiger partial charge is 0.395 e. The average molecular weight is 259 g/mol. The van der Waals surface area contributed by atoms with Gasteiger partial charge in [0.2, 0.25) is 0 Å². The fourth-order valence-corrected chi connectivity index (χ4v) is 3.54. The quantitative estimate of drug-likeness (QED) is 0.769. The maximum atomic E-state index is 9.31. The molecule has 17 heavy (non-hydrogen) atoms. The van der Waals surface area contributed by atoms with E-state index in [2.05, 4.69) is 32.3 Å². The van der Waals surface area contributed by atoms with Crippen LogP contribution in [0, 0.1) is 11.8 Å². The van der Waals surface area contributed by atoms with Crippen LogP contribution in [0.3, 0.4) is 0 Å². The number of aliphatic hydroxyl groups is 1. The predicted octanol–water partition coefficient (Wildman–Crippen LogP) is 2.90. The molecule has 2 nitrogen and oxygen atoms in total. The van der Waals surface area contributed by atoms with E-state index < -0.39 is 0 Å². The van der Waals surface area contributed by atoms with Crippen molar-refractivity contribution in [2.75, 3.05) is 12.9 Å². The lowest BCUT2D eigenvalue weighted by atomic mass is 9.79. The van der Waals surface area contributed by atoms with Crippen LogP contribution in [0.1, 0.15) is 46.5 Å². The molecule has 0 saturated heterocycles. The van der Waals surface area contributed by atoms with Crippen LogP contribution in [0.4, 0.5) is 0 Å². The summed E-state index contributed by atoms with van der Waals surface area (Å²) in [5, 5.41) is 13.4. The van der Waals surface area contributed by atoms with Gasteiger partial charge in [-0.05, 0) is 37.9 Å². The monoisotopic (exact) mass is 259 g/mol. The molecule has 0 bridgehead atoms. The van der Waals surface area contributed by atoms with Gasteiger partial charge < -0.3 is 10.4 Å². The molecular weight excluding hydrogens is 230 g/mol. The van der Waals surface area contributed by atoms with Crippen molar-refractivity contribution in [2.24, 2.45) is 11.8 Å². The molecule has 1 aliphatic rings. The number of thioether (sulfide) groups is 1. The van der Waals surface area contributed by atoms with Gasteiger partial charge in [-0.25, -0.2) is 0 Å². The van der Waals surface area contributed by atoms with Gasteiger partial charge in [-0.15, -0.1) is 0 Å². The van der Waals surface area contributed by atoms with Crippen LogP contribution in [-0.4, -0.2) is 35.3 Å². The third kappa shape index (κ3) is 4.80. The number of hydrogen-bond donors (Lipinski definition) is 2. The summed E-state index contributed by atoms with van der Waals surface area (Å²) < 4.78 is 0. The molecule has 1 saturated carbocycles. The lowest BCUT2D eigenvalue weighted by molar-refractivity contribution is 0.211. The molecule has 1 rings (SSSR count). The van der Waals surface area contributed by atoms with Crippen LogP contribution < -0.4 is 5.32 Å². The minimum absolute atomic E-state index is 0.273. The van der Waals surface area contributed by atoms with Gasteiger partial charge in [0.05, 0.1) is 6.61 Å². The summed E-state index contributed by atoms with van der Waals surface area (Å²) >= 11 is 1.76. The van der Waals surface area contributed by atoms with Crippen molar-refractivity contribution in [3.8, 4) is 0 Å². The SMILES string of the molecule is CSC(CO)C(C)NC1CCCC(C(C)C)C1. The number of aliphatic hydroxyl groups excluding tert-OH is 1. The summed E-state index contributed by atoms with van der Waals surface area (Å²) in [5.74, 6) is 1.69. The van der Waals surface area contributed by atoms with Crippen molar-refractivity contribution in [2.45, 2.75) is 63.8 Å². The highest BCUT2D eigenvalue weighted by Crippen LogP contribution is 2.30. The first-order chi connectivity index (χ1) is 8.08. The Morgan fingerprint density at radius 3 is 2.53 bits per heavy atom. The van der Waals surface area contributed by atoms with E-state index in [9.17, 15) is 5.11 Å². The maximum Gasteiger partial charge on any atom is 0.0564 e.